The summed E-state index contributed by atoms with van der Waals surface area (Å²) in [5.74, 6) is 0. The molecule has 1 rings (SSSR count). The number of benzene rings is 1. The number of para-hydroxylation sites is 2. The first-order chi connectivity index (χ1) is 7.74. The highest BCUT2D eigenvalue weighted by molar-refractivity contribution is 7.80. The molecule has 4 heteroatoms. The molecular formula is C12H19N3S. The standard InChI is InChI=1S/C12H19N3S/c1-2-3-6-9-14-10-7-4-5-8-11(10)15-12(13)16/h4-5,7-8,14H,2-3,6,9H2,1H3,(H3,13,15,16). The van der Waals surface area contributed by atoms with E-state index >= 15 is 0 Å². The minimum absolute atomic E-state index is 0.294. The molecule has 3 nitrogen and oxygen atoms in total. The average molecular weight is 237 g/mol. The van der Waals surface area contributed by atoms with Gasteiger partial charge in [-0.15, -0.1) is 0 Å². The number of hydrogen-bond donors (Lipinski definition) is 3. The Labute approximate surface area is 102 Å². The summed E-state index contributed by atoms with van der Waals surface area (Å²) in [6.45, 7) is 3.17. The van der Waals surface area contributed by atoms with E-state index in [4.69, 9.17) is 18.0 Å². The van der Waals surface area contributed by atoms with Gasteiger partial charge in [0.25, 0.3) is 0 Å². The van der Waals surface area contributed by atoms with Gasteiger partial charge in [-0.05, 0) is 30.8 Å². The van der Waals surface area contributed by atoms with Crippen molar-refractivity contribution in [1.82, 2.24) is 0 Å². The molecule has 0 aliphatic heterocycles. The number of thiocarbonyl (C=S) groups is 1. The van der Waals surface area contributed by atoms with E-state index in [1.807, 2.05) is 24.3 Å². The maximum Gasteiger partial charge on any atom is 0.168 e. The van der Waals surface area contributed by atoms with Crippen LogP contribution in [0.1, 0.15) is 26.2 Å². The molecule has 16 heavy (non-hydrogen) atoms. The molecule has 0 atom stereocenters. The first-order valence-electron chi connectivity index (χ1n) is 5.63. The zero-order valence-corrected chi connectivity index (χ0v) is 10.4. The van der Waals surface area contributed by atoms with Crippen LogP contribution < -0.4 is 16.4 Å². The summed E-state index contributed by atoms with van der Waals surface area (Å²) < 4.78 is 0. The van der Waals surface area contributed by atoms with Gasteiger partial charge in [0.05, 0.1) is 11.4 Å². The predicted molar refractivity (Wildman–Crippen MR) is 74.9 cm³/mol. The van der Waals surface area contributed by atoms with E-state index in [0.717, 1.165) is 17.9 Å². The lowest BCUT2D eigenvalue weighted by atomic mass is 10.2. The van der Waals surface area contributed by atoms with Gasteiger partial charge in [-0.3, -0.25) is 0 Å². The van der Waals surface area contributed by atoms with E-state index in [2.05, 4.69) is 17.6 Å². The summed E-state index contributed by atoms with van der Waals surface area (Å²) in [5.41, 5.74) is 7.45. The topological polar surface area (TPSA) is 50.1 Å². The zero-order valence-electron chi connectivity index (χ0n) is 9.62. The molecule has 0 saturated carbocycles. The monoisotopic (exact) mass is 237 g/mol. The van der Waals surface area contributed by atoms with Crippen LogP contribution in [-0.4, -0.2) is 11.7 Å². The number of nitrogens with one attached hydrogen (secondary N) is 2. The lowest BCUT2D eigenvalue weighted by molar-refractivity contribution is 0.744. The molecule has 0 aromatic heterocycles. The molecule has 0 amide bonds. The van der Waals surface area contributed by atoms with Crippen molar-refractivity contribution in [1.29, 1.82) is 0 Å². The van der Waals surface area contributed by atoms with E-state index in [1.54, 1.807) is 0 Å². The van der Waals surface area contributed by atoms with Crippen molar-refractivity contribution in [2.75, 3.05) is 17.2 Å². The molecule has 0 heterocycles. The van der Waals surface area contributed by atoms with Gasteiger partial charge in [-0.25, -0.2) is 0 Å². The van der Waals surface area contributed by atoms with Crippen LogP contribution in [0.3, 0.4) is 0 Å². The molecule has 0 unspecified atom stereocenters. The van der Waals surface area contributed by atoms with E-state index in [0.29, 0.717) is 5.11 Å². The predicted octanol–water partition coefficient (Wildman–Crippen LogP) is 2.94. The van der Waals surface area contributed by atoms with Crippen LogP contribution in [0.15, 0.2) is 24.3 Å². The lowest BCUT2D eigenvalue weighted by Crippen LogP contribution is -2.20. The van der Waals surface area contributed by atoms with Crippen molar-refractivity contribution in [2.45, 2.75) is 26.2 Å². The van der Waals surface area contributed by atoms with Gasteiger partial charge in [-0.2, -0.15) is 0 Å². The number of rotatable bonds is 6. The quantitative estimate of drug-likeness (QED) is 0.526. The molecule has 0 spiro atoms. The summed E-state index contributed by atoms with van der Waals surface area (Å²) in [4.78, 5) is 0. The van der Waals surface area contributed by atoms with E-state index in [-0.39, 0.29) is 0 Å². The molecule has 0 saturated heterocycles. The molecule has 1 aromatic rings. The summed E-state index contributed by atoms with van der Waals surface area (Å²) in [5, 5.41) is 6.63. The molecule has 0 aliphatic rings. The number of anilines is 2. The van der Waals surface area contributed by atoms with E-state index in [1.165, 1.54) is 19.3 Å². The molecular weight excluding hydrogens is 218 g/mol. The van der Waals surface area contributed by atoms with Crippen molar-refractivity contribution in [3.63, 3.8) is 0 Å². The van der Waals surface area contributed by atoms with Crippen LogP contribution in [0.5, 0.6) is 0 Å². The minimum atomic E-state index is 0.294. The van der Waals surface area contributed by atoms with Crippen LogP contribution in [0.25, 0.3) is 0 Å². The fraction of sp³-hybridized carbons (Fsp3) is 0.417. The Bertz CT molecular complexity index is 339. The van der Waals surface area contributed by atoms with Crippen molar-refractivity contribution >= 4 is 28.7 Å². The Morgan fingerprint density at radius 3 is 2.56 bits per heavy atom. The summed E-state index contributed by atoms with van der Waals surface area (Å²) in [6, 6.07) is 7.93. The Kier molecular flexibility index (Phi) is 5.64. The van der Waals surface area contributed by atoms with E-state index in [9.17, 15) is 0 Å². The Morgan fingerprint density at radius 2 is 1.94 bits per heavy atom. The zero-order chi connectivity index (χ0) is 11.8. The third-order valence-corrected chi connectivity index (χ3v) is 2.38. The van der Waals surface area contributed by atoms with Gasteiger partial charge in [0.1, 0.15) is 0 Å². The Morgan fingerprint density at radius 1 is 1.25 bits per heavy atom. The van der Waals surface area contributed by atoms with E-state index < -0.39 is 0 Å². The van der Waals surface area contributed by atoms with Crippen molar-refractivity contribution in [2.24, 2.45) is 5.73 Å². The van der Waals surface area contributed by atoms with Crippen molar-refractivity contribution in [3.8, 4) is 0 Å². The Balaban J connectivity index is 2.53. The van der Waals surface area contributed by atoms with Gasteiger partial charge in [0.2, 0.25) is 0 Å². The van der Waals surface area contributed by atoms with Crippen LogP contribution in [-0.2, 0) is 0 Å². The summed E-state index contributed by atoms with van der Waals surface area (Å²) >= 11 is 4.83. The first-order valence-corrected chi connectivity index (χ1v) is 6.04. The molecule has 0 radical (unpaired) electrons. The van der Waals surface area contributed by atoms with Crippen LogP contribution in [0, 0.1) is 0 Å². The first kappa shape index (κ1) is 12.8. The third kappa shape index (κ3) is 4.49. The summed E-state index contributed by atoms with van der Waals surface area (Å²) in [7, 11) is 0. The van der Waals surface area contributed by atoms with Gasteiger partial charge in [0.15, 0.2) is 5.11 Å². The number of nitrogens with two attached hydrogens (primary N) is 1. The van der Waals surface area contributed by atoms with Gasteiger partial charge >= 0.3 is 0 Å². The second-order valence-electron chi connectivity index (χ2n) is 3.67. The van der Waals surface area contributed by atoms with Crippen LogP contribution >= 0.6 is 12.2 Å². The Hall–Kier alpha value is -1.29. The maximum atomic E-state index is 5.46. The molecule has 88 valence electrons. The highest BCUT2D eigenvalue weighted by Crippen LogP contribution is 2.20. The minimum Gasteiger partial charge on any atom is -0.383 e. The second-order valence-corrected chi connectivity index (χ2v) is 4.11. The van der Waals surface area contributed by atoms with Crippen molar-refractivity contribution < 1.29 is 0 Å². The molecule has 0 fully saturated rings. The van der Waals surface area contributed by atoms with Gasteiger partial charge < -0.3 is 16.4 Å². The summed E-state index contributed by atoms with van der Waals surface area (Å²) in [6.07, 6.45) is 3.66. The maximum absolute atomic E-state index is 5.46. The van der Waals surface area contributed by atoms with Gasteiger partial charge in [-0.1, -0.05) is 31.9 Å². The molecule has 1 aromatic carbocycles. The highest BCUT2D eigenvalue weighted by atomic mass is 32.1. The fourth-order valence-corrected chi connectivity index (χ4v) is 1.59. The average Bonchev–Trinajstić information content (AvgIpc) is 2.26. The van der Waals surface area contributed by atoms with Crippen LogP contribution in [0.4, 0.5) is 11.4 Å². The molecule has 0 aliphatic carbocycles. The number of unbranched alkanes of at least 4 members (excludes halogenated alkanes) is 2. The smallest absolute Gasteiger partial charge is 0.168 e. The lowest BCUT2D eigenvalue weighted by Gasteiger charge is -2.12. The molecule has 4 N–H and O–H groups in total. The SMILES string of the molecule is CCCCCNc1ccccc1NC(N)=S. The fourth-order valence-electron chi connectivity index (χ4n) is 1.48. The van der Waals surface area contributed by atoms with Gasteiger partial charge in [0, 0.05) is 6.54 Å². The highest BCUT2D eigenvalue weighted by Gasteiger charge is 2.00. The third-order valence-electron chi connectivity index (χ3n) is 2.28. The van der Waals surface area contributed by atoms with Crippen molar-refractivity contribution in [3.05, 3.63) is 24.3 Å². The van der Waals surface area contributed by atoms with Crippen LogP contribution in [0.2, 0.25) is 0 Å². The normalized spacial score (nSPS) is 9.81. The second kappa shape index (κ2) is 7.06. The largest absolute Gasteiger partial charge is 0.383 e. The molecule has 0 bridgehead atoms. The number of hydrogen-bond acceptors (Lipinski definition) is 2.